The molecule has 3 rings (SSSR count). The van der Waals surface area contributed by atoms with Gasteiger partial charge in [-0.05, 0) is 42.2 Å². The van der Waals surface area contributed by atoms with Gasteiger partial charge in [0.2, 0.25) is 5.91 Å². The number of benzene rings is 2. The third-order valence-corrected chi connectivity index (χ3v) is 4.90. The normalized spacial score (nSPS) is 11.2. The summed E-state index contributed by atoms with van der Waals surface area (Å²) in [5.74, 6) is 0.410. The van der Waals surface area contributed by atoms with Gasteiger partial charge in [-0.3, -0.25) is 9.59 Å². The van der Waals surface area contributed by atoms with Crippen LogP contribution in [0, 0.1) is 0 Å². The van der Waals surface area contributed by atoms with Crippen LogP contribution in [0.5, 0.6) is 0 Å². The Labute approximate surface area is 171 Å². The van der Waals surface area contributed by atoms with Gasteiger partial charge in [-0.1, -0.05) is 56.7 Å². The predicted octanol–water partition coefficient (Wildman–Crippen LogP) is 4.33. The second-order valence-electron chi connectivity index (χ2n) is 7.07. The molecule has 0 fully saturated rings. The number of H-pyrrole nitrogens is 1. The summed E-state index contributed by atoms with van der Waals surface area (Å²) in [4.78, 5) is 34.2. The van der Waals surface area contributed by atoms with Crippen LogP contribution in [0.3, 0.4) is 0 Å². The van der Waals surface area contributed by atoms with Crippen LogP contribution >= 0.6 is 0 Å². The first-order chi connectivity index (χ1) is 14.1. The highest BCUT2D eigenvalue weighted by Gasteiger charge is 2.13. The van der Waals surface area contributed by atoms with Gasteiger partial charge in [0, 0.05) is 12.6 Å². The van der Waals surface area contributed by atoms with Crippen molar-refractivity contribution in [1.29, 1.82) is 0 Å². The van der Waals surface area contributed by atoms with Crippen molar-refractivity contribution >= 4 is 22.9 Å². The van der Waals surface area contributed by atoms with Crippen LogP contribution in [0.25, 0.3) is 17.0 Å². The zero-order valence-corrected chi connectivity index (χ0v) is 17.0. The molecule has 1 aromatic heterocycles. The summed E-state index contributed by atoms with van der Waals surface area (Å²) in [7, 11) is 0. The summed E-state index contributed by atoms with van der Waals surface area (Å²) in [6.07, 6.45) is 6.29. The molecule has 1 N–H and O–H groups in total. The SMILES string of the molecule is CCCCN(Cc1nc2ccccc2c(=O)[nH]1)C(=O)C=Cc1ccc(CC)cc1. The molecule has 5 nitrogen and oxygen atoms in total. The van der Waals surface area contributed by atoms with Crippen molar-refractivity contribution in [1.82, 2.24) is 14.9 Å². The Bertz CT molecular complexity index is 1050. The van der Waals surface area contributed by atoms with Crippen LogP contribution < -0.4 is 5.56 Å². The number of unbranched alkanes of at least 4 members (excludes halogenated alkanes) is 1. The average molecular weight is 389 g/mol. The van der Waals surface area contributed by atoms with E-state index in [0.717, 1.165) is 24.8 Å². The largest absolute Gasteiger partial charge is 0.332 e. The quantitative estimate of drug-likeness (QED) is 0.583. The van der Waals surface area contributed by atoms with Crippen LogP contribution in [0.15, 0.2) is 59.4 Å². The molecule has 0 saturated carbocycles. The van der Waals surface area contributed by atoms with Gasteiger partial charge in [0.25, 0.3) is 5.56 Å². The Morgan fingerprint density at radius 1 is 1.10 bits per heavy atom. The third-order valence-electron chi connectivity index (χ3n) is 4.90. The number of para-hydroxylation sites is 1. The van der Waals surface area contributed by atoms with Crippen molar-refractivity contribution < 1.29 is 4.79 Å². The van der Waals surface area contributed by atoms with Gasteiger partial charge in [-0.25, -0.2) is 4.98 Å². The van der Waals surface area contributed by atoms with Crippen molar-refractivity contribution in [2.75, 3.05) is 6.54 Å². The highest BCUT2D eigenvalue weighted by molar-refractivity contribution is 5.91. The number of carbonyl (C=O) groups excluding carboxylic acids is 1. The maximum atomic E-state index is 12.8. The topological polar surface area (TPSA) is 66.1 Å². The molecule has 0 unspecified atom stereocenters. The summed E-state index contributed by atoms with van der Waals surface area (Å²) in [6.45, 7) is 5.10. The smallest absolute Gasteiger partial charge is 0.258 e. The van der Waals surface area contributed by atoms with Gasteiger partial charge in [0.1, 0.15) is 5.82 Å². The number of aromatic nitrogens is 2. The molecule has 0 radical (unpaired) electrons. The molecular formula is C24H27N3O2. The summed E-state index contributed by atoms with van der Waals surface area (Å²) >= 11 is 0. The molecule has 0 aliphatic rings. The molecule has 0 bridgehead atoms. The first-order valence-corrected chi connectivity index (χ1v) is 10.1. The Kier molecular flexibility index (Phi) is 6.95. The van der Waals surface area contributed by atoms with E-state index in [1.54, 1.807) is 17.0 Å². The second kappa shape index (κ2) is 9.82. The lowest BCUT2D eigenvalue weighted by atomic mass is 10.1. The van der Waals surface area contributed by atoms with E-state index < -0.39 is 0 Å². The summed E-state index contributed by atoms with van der Waals surface area (Å²) in [5.41, 5.74) is 2.72. The molecule has 0 aliphatic carbocycles. The minimum Gasteiger partial charge on any atom is -0.332 e. The van der Waals surface area contributed by atoms with Gasteiger partial charge >= 0.3 is 0 Å². The molecule has 1 heterocycles. The van der Waals surface area contributed by atoms with Crippen molar-refractivity contribution in [3.8, 4) is 0 Å². The van der Waals surface area contributed by atoms with Crippen molar-refractivity contribution in [2.45, 2.75) is 39.7 Å². The van der Waals surface area contributed by atoms with E-state index >= 15 is 0 Å². The molecule has 0 aliphatic heterocycles. The third kappa shape index (κ3) is 5.41. The maximum absolute atomic E-state index is 12.8. The van der Waals surface area contributed by atoms with E-state index in [2.05, 4.69) is 35.9 Å². The van der Waals surface area contributed by atoms with Crippen LogP contribution in [0.1, 0.15) is 43.6 Å². The van der Waals surface area contributed by atoms with Crippen molar-refractivity contribution in [2.24, 2.45) is 0 Å². The number of rotatable bonds is 8. The first kappa shape index (κ1) is 20.5. The van der Waals surface area contributed by atoms with Gasteiger partial charge in [0.05, 0.1) is 17.4 Å². The molecular weight excluding hydrogens is 362 g/mol. The van der Waals surface area contributed by atoms with Crippen molar-refractivity contribution in [3.05, 3.63) is 81.9 Å². The minimum absolute atomic E-state index is 0.0891. The molecule has 1 amide bonds. The Balaban J connectivity index is 1.78. The molecule has 5 heteroatoms. The molecule has 0 atom stereocenters. The fourth-order valence-electron chi connectivity index (χ4n) is 3.14. The lowest BCUT2D eigenvalue weighted by molar-refractivity contribution is -0.126. The van der Waals surface area contributed by atoms with Gasteiger partial charge in [-0.15, -0.1) is 0 Å². The number of nitrogens with one attached hydrogen (secondary N) is 1. The molecule has 2 aromatic carbocycles. The zero-order valence-electron chi connectivity index (χ0n) is 17.0. The molecule has 150 valence electrons. The maximum Gasteiger partial charge on any atom is 0.258 e. The van der Waals surface area contributed by atoms with Gasteiger partial charge < -0.3 is 9.88 Å². The Morgan fingerprint density at radius 3 is 2.59 bits per heavy atom. The lowest BCUT2D eigenvalue weighted by Crippen LogP contribution is -2.31. The van der Waals surface area contributed by atoms with Gasteiger partial charge in [-0.2, -0.15) is 0 Å². The summed E-state index contributed by atoms with van der Waals surface area (Å²) < 4.78 is 0. The minimum atomic E-state index is -0.181. The summed E-state index contributed by atoms with van der Waals surface area (Å²) in [5, 5.41) is 0.554. The number of nitrogens with zero attached hydrogens (tertiary/aromatic N) is 2. The summed E-state index contributed by atoms with van der Waals surface area (Å²) in [6, 6.07) is 15.4. The zero-order chi connectivity index (χ0) is 20.6. The van der Waals surface area contributed by atoms with E-state index in [1.807, 2.05) is 36.4 Å². The number of fused-ring (bicyclic) bond motifs is 1. The van der Waals surface area contributed by atoms with E-state index in [-0.39, 0.29) is 18.0 Å². The number of aromatic amines is 1. The van der Waals surface area contributed by atoms with Crippen LogP contribution in [0.4, 0.5) is 0 Å². The van der Waals surface area contributed by atoms with E-state index in [4.69, 9.17) is 0 Å². The molecule has 0 saturated heterocycles. The van der Waals surface area contributed by atoms with Crippen molar-refractivity contribution in [3.63, 3.8) is 0 Å². The van der Waals surface area contributed by atoms with Crippen LogP contribution in [0.2, 0.25) is 0 Å². The number of amides is 1. The van der Waals surface area contributed by atoms with E-state index in [0.29, 0.717) is 23.3 Å². The standard InChI is InChI=1S/C24H27N3O2/c1-3-5-16-27(23(28)15-14-19-12-10-18(4-2)11-13-19)17-22-25-21-9-7-6-8-20(21)24(29)26-22/h6-15H,3-5,16-17H2,1-2H3,(H,25,26,29). The Morgan fingerprint density at radius 2 is 1.86 bits per heavy atom. The molecule has 0 spiro atoms. The molecule has 29 heavy (non-hydrogen) atoms. The number of hydrogen-bond acceptors (Lipinski definition) is 3. The number of hydrogen-bond donors (Lipinski definition) is 1. The fourth-order valence-corrected chi connectivity index (χ4v) is 3.14. The number of aryl methyl sites for hydroxylation is 1. The van der Waals surface area contributed by atoms with E-state index in [1.165, 1.54) is 5.56 Å². The average Bonchev–Trinajstić information content (AvgIpc) is 2.75. The van der Waals surface area contributed by atoms with Crippen LogP contribution in [-0.2, 0) is 17.8 Å². The first-order valence-electron chi connectivity index (χ1n) is 10.1. The molecule has 3 aromatic rings. The van der Waals surface area contributed by atoms with Crippen LogP contribution in [-0.4, -0.2) is 27.3 Å². The fraction of sp³-hybridized carbons (Fsp3) is 0.292. The Hall–Kier alpha value is -3.21. The highest BCUT2D eigenvalue weighted by atomic mass is 16.2. The monoisotopic (exact) mass is 389 g/mol. The van der Waals surface area contributed by atoms with E-state index in [9.17, 15) is 9.59 Å². The highest BCUT2D eigenvalue weighted by Crippen LogP contribution is 2.10. The predicted molar refractivity (Wildman–Crippen MR) is 118 cm³/mol. The number of carbonyl (C=O) groups is 1. The van der Waals surface area contributed by atoms with Gasteiger partial charge in [0.15, 0.2) is 0 Å². The second-order valence-corrected chi connectivity index (χ2v) is 7.07. The lowest BCUT2D eigenvalue weighted by Gasteiger charge is -2.20.